The van der Waals surface area contributed by atoms with Crippen LogP contribution in [0.15, 0.2) is 30.8 Å². The van der Waals surface area contributed by atoms with Crippen LogP contribution in [0.3, 0.4) is 0 Å². The summed E-state index contributed by atoms with van der Waals surface area (Å²) < 4.78 is 5.61. The molecule has 1 heterocycles. The summed E-state index contributed by atoms with van der Waals surface area (Å²) in [7, 11) is 2.09. The number of rotatable bonds is 2. The van der Waals surface area contributed by atoms with Crippen LogP contribution in [0.2, 0.25) is 0 Å². The van der Waals surface area contributed by atoms with Crippen molar-refractivity contribution in [2.24, 2.45) is 0 Å². The maximum absolute atomic E-state index is 12.6. The van der Waals surface area contributed by atoms with E-state index >= 15 is 0 Å². The van der Waals surface area contributed by atoms with E-state index in [4.69, 9.17) is 4.74 Å². The van der Waals surface area contributed by atoms with Crippen LogP contribution in [0.4, 0.5) is 4.79 Å². The Kier molecular flexibility index (Phi) is 5.15. The first-order valence-electron chi connectivity index (χ1n) is 8.12. The smallest absolute Gasteiger partial charge is 0.410 e. The van der Waals surface area contributed by atoms with Crippen LogP contribution in [-0.2, 0) is 4.74 Å². The van der Waals surface area contributed by atoms with Crippen LogP contribution in [-0.4, -0.2) is 48.2 Å². The SMILES string of the molecule is C=C(C)c1ccccc1C1CN(C)CCN1C(=O)OC(C)(C)C. The average Bonchev–Trinajstić information content (AvgIpc) is 2.45. The number of hydrogen-bond donors (Lipinski definition) is 0. The highest BCUT2D eigenvalue weighted by Crippen LogP contribution is 2.31. The van der Waals surface area contributed by atoms with E-state index in [9.17, 15) is 4.79 Å². The Morgan fingerprint density at radius 2 is 1.91 bits per heavy atom. The lowest BCUT2D eigenvalue weighted by molar-refractivity contribution is 0.00104. The van der Waals surface area contributed by atoms with Crippen LogP contribution in [0.5, 0.6) is 0 Å². The van der Waals surface area contributed by atoms with Crippen molar-refractivity contribution in [3.05, 3.63) is 42.0 Å². The lowest BCUT2D eigenvalue weighted by atomic mass is 9.94. The summed E-state index contributed by atoms with van der Waals surface area (Å²) >= 11 is 0. The van der Waals surface area contributed by atoms with Gasteiger partial charge in [-0.2, -0.15) is 0 Å². The van der Waals surface area contributed by atoms with Crippen LogP contribution in [0, 0.1) is 0 Å². The fraction of sp³-hybridized carbons (Fsp3) is 0.526. The van der Waals surface area contributed by atoms with Gasteiger partial charge in [0.05, 0.1) is 6.04 Å². The molecule has 0 spiro atoms. The minimum Gasteiger partial charge on any atom is -0.444 e. The highest BCUT2D eigenvalue weighted by molar-refractivity contribution is 5.71. The predicted octanol–water partition coefficient (Wildman–Crippen LogP) is 3.94. The van der Waals surface area contributed by atoms with Gasteiger partial charge in [0.15, 0.2) is 0 Å². The Morgan fingerprint density at radius 3 is 2.52 bits per heavy atom. The molecule has 1 aliphatic heterocycles. The summed E-state index contributed by atoms with van der Waals surface area (Å²) in [4.78, 5) is 16.8. The third-order valence-electron chi connectivity index (χ3n) is 3.99. The molecule has 4 nitrogen and oxygen atoms in total. The van der Waals surface area contributed by atoms with Gasteiger partial charge in [-0.1, -0.05) is 36.4 Å². The van der Waals surface area contributed by atoms with Crippen molar-refractivity contribution < 1.29 is 9.53 Å². The monoisotopic (exact) mass is 316 g/mol. The zero-order valence-corrected chi connectivity index (χ0v) is 14.9. The number of benzene rings is 1. The molecule has 1 aromatic carbocycles. The summed E-state index contributed by atoms with van der Waals surface area (Å²) in [5.41, 5.74) is 2.77. The number of carbonyl (C=O) groups excluding carboxylic acids is 1. The molecule has 0 aromatic heterocycles. The maximum atomic E-state index is 12.6. The summed E-state index contributed by atoms with van der Waals surface area (Å²) in [6.45, 7) is 14.1. The average molecular weight is 316 g/mol. The molecule has 1 amide bonds. The molecule has 0 radical (unpaired) electrons. The molecule has 1 atom stereocenters. The summed E-state index contributed by atoms with van der Waals surface area (Å²) in [6.07, 6.45) is -0.243. The quantitative estimate of drug-likeness (QED) is 0.828. The van der Waals surface area contributed by atoms with Gasteiger partial charge in [0, 0.05) is 19.6 Å². The van der Waals surface area contributed by atoms with E-state index < -0.39 is 5.60 Å². The molecule has 0 bridgehead atoms. The van der Waals surface area contributed by atoms with E-state index in [2.05, 4.69) is 30.7 Å². The van der Waals surface area contributed by atoms with E-state index in [-0.39, 0.29) is 12.1 Å². The Bertz CT molecular complexity index is 589. The Hall–Kier alpha value is -1.81. The van der Waals surface area contributed by atoms with E-state index in [1.807, 2.05) is 44.7 Å². The molecule has 1 fully saturated rings. The van der Waals surface area contributed by atoms with Gasteiger partial charge in [0.25, 0.3) is 0 Å². The van der Waals surface area contributed by atoms with Crippen molar-refractivity contribution in [2.45, 2.75) is 39.3 Å². The summed E-state index contributed by atoms with van der Waals surface area (Å²) in [5, 5.41) is 0. The van der Waals surface area contributed by atoms with E-state index in [0.717, 1.165) is 29.8 Å². The molecule has 0 saturated carbocycles. The Morgan fingerprint density at radius 1 is 1.26 bits per heavy atom. The second kappa shape index (κ2) is 6.75. The standard InChI is InChI=1S/C19H28N2O2/c1-14(2)15-9-7-8-10-16(15)17-13-20(6)11-12-21(17)18(22)23-19(3,4)5/h7-10,17H,1,11-13H2,2-6H3. The van der Waals surface area contributed by atoms with Gasteiger partial charge in [-0.05, 0) is 45.9 Å². The van der Waals surface area contributed by atoms with Crippen molar-refractivity contribution in [1.82, 2.24) is 9.80 Å². The number of ether oxygens (including phenoxy) is 1. The number of nitrogens with zero attached hydrogens (tertiary/aromatic N) is 2. The number of allylic oxidation sites excluding steroid dienone is 1. The number of piperazine rings is 1. The zero-order chi connectivity index (χ0) is 17.2. The van der Waals surface area contributed by atoms with Gasteiger partial charge < -0.3 is 9.64 Å². The van der Waals surface area contributed by atoms with Crippen molar-refractivity contribution in [2.75, 3.05) is 26.7 Å². The number of amides is 1. The second-order valence-corrected chi connectivity index (χ2v) is 7.32. The van der Waals surface area contributed by atoms with E-state index in [1.54, 1.807) is 0 Å². The van der Waals surface area contributed by atoms with Crippen molar-refractivity contribution in [3.8, 4) is 0 Å². The zero-order valence-electron chi connectivity index (χ0n) is 14.9. The topological polar surface area (TPSA) is 32.8 Å². The van der Waals surface area contributed by atoms with Crippen molar-refractivity contribution in [1.29, 1.82) is 0 Å². The third-order valence-corrected chi connectivity index (χ3v) is 3.99. The van der Waals surface area contributed by atoms with Crippen LogP contribution in [0.25, 0.3) is 5.57 Å². The first-order chi connectivity index (χ1) is 10.7. The van der Waals surface area contributed by atoms with Gasteiger partial charge in [0.2, 0.25) is 0 Å². The fourth-order valence-electron chi connectivity index (χ4n) is 2.90. The molecular weight excluding hydrogens is 288 g/mol. The largest absolute Gasteiger partial charge is 0.444 e. The molecule has 0 aliphatic carbocycles. The maximum Gasteiger partial charge on any atom is 0.410 e. The molecule has 4 heteroatoms. The number of carbonyl (C=O) groups is 1. The van der Waals surface area contributed by atoms with Gasteiger partial charge in [-0.15, -0.1) is 0 Å². The van der Waals surface area contributed by atoms with Gasteiger partial charge >= 0.3 is 6.09 Å². The van der Waals surface area contributed by atoms with Crippen LogP contribution >= 0.6 is 0 Å². The van der Waals surface area contributed by atoms with Gasteiger partial charge in [-0.25, -0.2) is 4.79 Å². The molecule has 1 unspecified atom stereocenters. The summed E-state index contributed by atoms with van der Waals surface area (Å²) in [6, 6.07) is 8.17. The first-order valence-corrected chi connectivity index (χ1v) is 8.12. The Balaban J connectivity index is 2.35. The minimum atomic E-state index is -0.487. The normalized spacial score (nSPS) is 19.5. The molecule has 23 heavy (non-hydrogen) atoms. The molecule has 2 rings (SSSR count). The van der Waals surface area contributed by atoms with E-state index in [0.29, 0.717) is 6.54 Å². The lowest BCUT2D eigenvalue weighted by Crippen LogP contribution is -2.50. The molecular formula is C19H28N2O2. The molecule has 0 N–H and O–H groups in total. The van der Waals surface area contributed by atoms with Crippen LogP contribution in [0.1, 0.15) is 44.9 Å². The van der Waals surface area contributed by atoms with E-state index in [1.165, 1.54) is 0 Å². The highest BCUT2D eigenvalue weighted by Gasteiger charge is 2.34. The second-order valence-electron chi connectivity index (χ2n) is 7.32. The predicted molar refractivity (Wildman–Crippen MR) is 94.3 cm³/mol. The number of likely N-dealkylation sites (N-methyl/N-ethyl adjacent to an activating group) is 1. The molecule has 1 saturated heterocycles. The molecule has 1 aliphatic rings. The Labute approximate surface area is 139 Å². The van der Waals surface area contributed by atoms with Crippen LogP contribution < -0.4 is 0 Å². The molecule has 1 aromatic rings. The van der Waals surface area contributed by atoms with Crippen molar-refractivity contribution >= 4 is 11.7 Å². The van der Waals surface area contributed by atoms with Gasteiger partial charge in [-0.3, -0.25) is 4.90 Å². The highest BCUT2D eigenvalue weighted by atomic mass is 16.6. The fourth-order valence-corrected chi connectivity index (χ4v) is 2.90. The molecule has 126 valence electrons. The van der Waals surface area contributed by atoms with Gasteiger partial charge in [0.1, 0.15) is 5.60 Å². The summed E-state index contributed by atoms with van der Waals surface area (Å²) in [5.74, 6) is 0. The first kappa shape index (κ1) is 17.5. The lowest BCUT2D eigenvalue weighted by Gasteiger charge is -2.41. The third kappa shape index (κ3) is 4.35. The number of hydrogen-bond acceptors (Lipinski definition) is 3. The minimum absolute atomic E-state index is 0.0171. The van der Waals surface area contributed by atoms with Crippen molar-refractivity contribution in [3.63, 3.8) is 0 Å².